The number of hydrogen-bond acceptors (Lipinski definition) is 4. The molecular weight excluding hydrogens is 310 g/mol. The highest BCUT2D eigenvalue weighted by molar-refractivity contribution is 6.31. The molecule has 4 nitrogen and oxygen atoms in total. The van der Waals surface area contributed by atoms with Gasteiger partial charge in [-0.15, -0.1) is 0 Å². The van der Waals surface area contributed by atoms with E-state index in [9.17, 15) is 0 Å². The van der Waals surface area contributed by atoms with Crippen LogP contribution in [0, 0.1) is 0 Å². The molecule has 1 saturated heterocycles. The molecule has 1 fully saturated rings. The number of rotatable bonds is 0. The number of ether oxygens (including phenoxy) is 1. The largest absolute Gasteiger partial charge is 0.454 e. The molecule has 0 saturated carbocycles. The first-order valence-electron chi connectivity index (χ1n) is 7.84. The van der Waals surface area contributed by atoms with Gasteiger partial charge in [-0.05, 0) is 37.3 Å². The molecule has 2 aliphatic rings. The predicted octanol–water partition coefficient (Wildman–Crippen LogP) is 3.82. The minimum absolute atomic E-state index is 0.432. The number of fused-ring (bicyclic) bond motifs is 2. The van der Waals surface area contributed by atoms with Crippen LogP contribution in [0.5, 0.6) is 11.5 Å². The van der Waals surface area contributed by atoms with E-state index in [-0.39, 0.29) is 0 Å². The zero-order valence-electron chi connectivity index (χ0n) is 12.9. The first kappa shape index (κ1) is 14.5. The molecule has 5 heteroatoms. The second-order valence-electron chi connectivity index (χ2n) is 5.95. The molecule has 1 N–H and O–H groups in total. The Morgan fingerprint density at radius 3 is 2.96 bits per heavy atom. The second kappa shape index (κ2) is 5.87. The van der Waals surface area contributed by atoms with Crippen molar-refractivity contribution in [3.63, 3.8) is 0 Å². The molecular formula is C18H18ClN3O. The quantitative estimate of drug-likeness (QED) is 0.799. The monoisotopic (exact) mass is 327 g/mol. The lowest BCUT2D eigenvalue weighted by Gasteiger charge is -2.34. The molecule has 2 heterocycles. The number of nitrogens with one attached hydrogen (secondary N) is 1. The molecule has 2 aromatic carbocycles. The zero-order chi connectivity index (χ0) is 15.8. The van der Waals surface area contributed by atoms with Crippen molar-refractivity contribution < 1.29 is 4.74 Å². The number of para-hydroxylation sites is 1. The van der Waals surface area contributed by atoms with Crippen LogP contribution < -0.4 is 10.1 Å². The van der Waals surface area contributed by atoms with E-state index < -0.39 is 0 Å². The Hall–Kier alpha value is -2.04. The molecule has 2 aliphatic heterocycles. The maximum Gasteiger partial charge on any atom is 0.153 e. The summed E-state index contributed by atoms with van der Waals surface area (Å²) in [6.45, 7) is 4.98. The van der Waals surface area contributed by atoms with Gasteiger partial charge in [0.15, 0.2) is 5.75 Å². The molecule has 118 valence electrons. The highest BCUT2D eigenvalue weighted by Gasteiger charge is 2.25. The van der Waals surface area contributed by atoms with Crippen LogP contribution in [0.3, 0.4) is 0 Å². The Morgan fingerprint density at radius 1 is 1.22 bits per heavy atom. The summed E-state index contributed by atoms with van der Waals surface area (Å²) in [5.74, 6) is 2.52. The van der Waals surface area contributed by atoms with Crippen molar-refractivity contribution in [1.82, 2.24) is 10.2 Å². The normalized spacial score (nSPS) is 20.0. The van der Waals surface area contributed by atoms with Gasteiger partial charge < -0.3 is 15.0 Å². The van der Waals surface area contributed by atoms with Gasteiger partial charge in [-0.3, -0.25) is 0 Å². The van der Waals surface area contributed by atoms with Crippen molar-refractivity contribution in [2.75, 3.05) is 19.6 Å². The van der Waals surface area contributed by atoms with Crippen LogP contribution in [0.15, 0.2) is 47.5 Å². The molecule has 1 atom stereocenters. The summed E-state index contributed by atoms with van der Waals surface area (Å²) < 4.78 is 6.09. The lowest BCUT2D eigenvalue weighted by atomic mass is 10.1. The third-order valence-electron chi connectivity index (χ3n) is 4.16. The van der Waals surface area contributed by atoms with E-state index in [1.54, 1.807) is 0 Å². The first-order valence-corrected chi connectivity index (χ1v) is 8.22. The minimum atomic E-state index is 0.432. The van der Waals surface area contributed by atoms with Crippen molar-refractivity contribution in [1.29, 1.82) is 0 Å². The smallest absolute Gasteiger partial charge is 0.153 e. The molecule has 0 aromatic heterocycles. The average Bonchev–Trinajstić information content (AvgIpc) is 2.71. The Labute approximate surface area is 140 Å². The number of nitrogens with zero attached hydrogens (tertiary/aromatic N) is 2. The standard InChI is InChI=1S/C18H18ClN3O/c1-12-11-22(9-8-20-12)18-14-4-2-3-5-16(14)23-17-7-6-13(19)10-15(17)21-18/h2-7,10,12,20H,8-9,11H2,1H3/t12-/m1/s1. The highest BCUT2D eigenvalue weighted by Crippen LogP contribution is 2.39. The molecule has 0 bridgehead atoms. The number of piperazine rings is 1. The van der Waals surface area contributed by atoms with Crippen LogP contribution in [0.1, 0.15) is 12.5 Å². The van der Waals surface area contributed by atoms with Crippen molar-refractivity contribution >= 4 is 23.1 Å². The fourth-order valence-corrected chi connectivity index (χ4v) is 3.23. The van der Waals surface area contributed by atoms with E-state index in [1.807, 2.05) is 36.4 Å². The van der Waals surface area contributed by atoms with Crippen LogP contribution in [0.25, 0.3) is 0 Å². The summed E-state index contributed by atoms with van der Waals surface area (Å²) in [5.41, 5.74) is 1.80. The van der Waals surface area contributed by atoms with Gasteiger partial charge in [-0.1, -0.05) is 23.7 Å². The van der Waals surface area contributed by atoms with Gasteiger partial charge in [0.2, 0.25) is 0 Å². The number of halogens is 1. The van der Waals surface area contributed by atoms with Crippen LogP contribution in [0.4, 0.5) is 5.69 Å². The van der Waals surface area contributed by atoms with Crippen LogP contribution >= 0.6 is 11.6 Å². The summed E-state index contributed by atoms with van der Waals surface area (Å²) in [5, 5.41) is 4.13. The summed E-state index contributed by atoms with van der Waals surface area (Å²) >= 11 is 6.15. The Balaban J connectivity index is 1.86. The van der Waals surface area contributed by atoms with E-state index in [0.29, 0.717) is 11.1 Å². The van der Waals surface area contributed by atoms with Gasteiger partial charge in [0.05, 0.1) is 5.56 Å². The van der Waals surface area contributed by atoms with Crippen LogP contribution in [-0.4, -0.2) is 36.4 Å². The fourth-order valence-electron chi connectivity index (χ4n) is 3.06. The summed E-state index contributed by atoms with van der Waals surface area (Å²) in [7, 11) is 0. The van der Waals surface area contributed by atoms with Gasteiger partial charge in [0.1, 0.15) is 17.3 Å². The molecule has 0 unspecified atom stereocenters. The van der Waals surface area contributed by atoms with Crippen LogP contribution in [-0.2, 0) is 0 Å². The molecule has 0 amide bonds. The summed E-state index contributed by atoms with van der Waals surface area (Å²) in [6.07, 6.45) is 0. The Kier molecular flexibility index (Phi) is 3.71. The third-order valence-corrected chi connectivity index (χ3v) is 4.40. The SMILES string of the molecule is C[C@@H]1CN(C2=Nc3cc(Cl)ccc3Oc3ccccc32)CCN1. The van der Waals surface area contributed by atoms with Gasteiger partial charge in [-0.25, -0.2) is 4.99 Å². The van der Waals surface area contributed by atoms with Gasteiger partial charge in [0, 0.05) is 30.7 Å². The van der Waals surface area contributed by atoms with E-state index in [4.69, 9.17) is 21.3 Å². The van der Waals surface area contributed by atoms with Gasteiger partial charge in [-0.2, -0.15) is 0 Å². The average molecular weight is 328 g/mol. The molecule has 2 aromatic rings. The minimum Gasteiger partial charge on any atom is -0.454 e. The molecule has 23 heavy (non-hydrogen) atoms. The number of amidine groups is 1. The fraction of sp³-hybridized carbons (Fsp3) is 0.278. The van der Waals surface area contributed by atoms with Crippen LogP contribution in [0.2, 0.25) is 5.02 Å². The molecule has 0 spiro atoms. The second-order valence-corrected chi connectivity index (χ2v) is 6.38. The van der Waals surface area contributed by atoms with E-state index in [2.05, 4.69) is 23.2 Å². The molecule has 4 rings (SSSR count). The summed E-state index contributed by atoms with van der Waals surface area (Å²) in [6, 6.07) is 14.0. The Bertz CT molecular complexity index is 775. The predicted molar refractivity (Wildman–Crippen MR) is 93.2 cm³/mol. The molecule has 0 radical (unpaired) electrons. The Morgan fingerprint density at radius 2 is 2.09 bits per heavy atom. The molecule has 0 aliphatic carbocycles. The van der Waals surface area contributed by atoms with Gasteiger partial charge in [0.25, 0.3) is 0 Å². The van der Waals surface area contributed by atoms with Crippen molar-refractivity contribution in [2.24, 2.45) is 4.99 Å². The maximum absolute atomic E-state index is 6.15. The van der Waals surface area contributed by atoms with Crippen molar-refractivity contribution in [3.05, 3.63) is 53.1 Å². The van der Waals surface area contributed by atoms with E-state index in [0.717, 1.165) is 48.2 Å². The lowest BCUT2D eigenvalue weighted by molar-refractivity contribution is 0.304. The number of aliphatic imine (C=N–C) groups is 1. The highest BCUT2D eigenvalue weighted by atomic mass is 35.5. The van der Waals surface area contributed by atoms with Crippen molar-refractivity contribution in [3.8, 4) is 11.5 Å². The topological polar surface area (TPSA) is 36.9 Å². The number of benzene rings is 2. The maximum atomic E-state index is 6.15. The summed E-state index contributed by atoms with van der Waals surface area (Å²) in [4.78, 5) is 7.22. The van der Waals surface area contributed by atoms with Gasteiger partial charge >= 0.3 is 0 Å². The first-order chi connectivity index (χ1) is 11.2. The number of hydrogen-bond donors (Lipinski definition) is 1. The zero-order valence-corrected chi connectivity index (χ0v) is 13.7. The lowest BCUT2D eigenvalue weighted by Crippen LogP contribution is -2.51. The van der Waals surface area contributed by atoms with Crippen molar-refractivity contribution in [2.45, 2.75) is 13.0 Å². The van der Waals surface area contributed by atoms with E-state index >= 15 is 0 Å². The third kappa shape index (κ3) is 2.80. The van der Waals surface area contributed by atoms with E-state index in [1.165, 1.54) is 0 Å².